The van der Waals surface area contributed by atoms with Gasteiger partial charge >= 0.3 is 0 Å². The summed E-state index contributed by atoms with van der Waals surface area (Å²) < 4.78 is 32.3. The molecule has 1 aromatic heterocycles. The third-order valence-corrected chi connectivity index (χ3v) is 5.96. The summed E-state index contributed by atoms with van der Waals surface area (Å²) in [6.07, 6.45) is 1.63. The molecule has 5 nitrogen and oxygen atoms in total. The minimum atomic E-state index is -3.45. The highest BCUT2D eigenvalue weighted by molar-refractivity contribution is 7.91. The number of rotatable bonds is 6. The molecule has 1 heterocycles. The average molecular weight is 291 g/mol. The first-order valence-electron chi connectivity index (χ1n) is 5.88. The molecule has 1 aliphatic carbocycles. The smallest absolute Gasteiger partial charge is 0.250 e. The van der Waals surface area contributed by atoms with Gasteiger partial charge in [-0.3, -0.25) is 0 Å². The van der Waals surface area contributed by atoms with Crippen LogP contribution in [0.1, 0.15) is 24.6 Å². The Hall–Kier alpha value is -0.470. The number of aliphatic hydroxyl groups is 1. The van der Waals surface area contributed by atoms with Crippen LogP contribution in [0, 0.1) is 0 Å². The van der Waals surface area contributed by atoms with E-state index < -0.39 is 10.0 Å². The molecule has 1 aliphatic rings. The number of thiophene rings is 1. The van der Waals surface area contributed by atoms with Crippen molar-refractivity contribution < 1.29 is 18.3 Å². The van der Waals surface area contributed by atoms with Crippen LogP contribution in [0.2, 0.25) is 0 Å². The molecule has 0 amide bonds. The summed E-state index contributed by atoms with van der Waals surface area (Å²) in [7, 11) is -3.45. The Labute approximate surface area is 111 Å². The first kappa shape index (κ1) is 14.0. The summed E-state index contributed by atoms with van der Waals surface area (Å²) in [5.74, 6) is 0. The number of hydrogen-bond donors (Lipinski definition) is 2. The lowest BCUT2D eigenvalue weighted by molar-refractivity contribution is -0.00474. The van der Waals surface area contributed by atoms with Crippen LogP contribution < -0.4 is 4.72 Å². The summed E-state index contributed by atoms with van der Waals surface area (Å²) >= 11 is 1.10. The molecule has 0 unspecified atom stereocenters. The number of nitrogens with one attached hydrogen (secondary N) is 1. The molecular weight excluding hydrogens is 274 g/mol. The third kappa shape index (κ3) is 3.10. The van der Waals surface area contributed by atoms with Crippen molar-refractivity contribution in [2.24, 2.45) is 0 Å². The van der Waals surface area contributed by atoms with Gasteiger partial charge in [-0.05, 0) is 31.9 Å². The largest absolute Gasteiger partial charge is 0.391 e. The van der Waals surface area contributed by atoms with Gasteiger partial charge in [0.2, 0.25) is 10.0 Å². The van der Waals surface area contributed by atoms with Crippen LogP contribution in [0.25, 0.3) is 0 Å². The Morgan fingerprint density at radius 1 is 1.50 bits per heavy atom. The van der Waals surface area contributed by atoms with E-state index in [0.29, 0.717) is 11.5 Å². The lowest BCUT2D eigenvalue weighted by Gasteiger charge is -2.34. The van der Waals surface area contributed by atoms with E-state index in [0.717, 1.165) is 24.2 Å². The van der Waals surface area contributed by atoms with Crippen LogP contribution in [0.5, 0.6) is 0 Å². The molecular formula is C11H17NO4S2. The zero-order valence-electron chi connectivity index (χ0n) is 10.1. The van der Waals surface area contributed by atoms with Crippen molar-refractivity contribution in [2.75, 3.05) is 6.61 Å². The molecule has 0 aliphatic heterocycles. The predicted octanol–water partition coefficient (Wildman–Crippen LogP) is 1.09. The summed E-state index contributed by atoms with van der Waals surface area (Å²) in [6, 6.07) is 3.12. The van der Waals surface area contributed by atoms with E-state index in [9.17, 15) is 8.42 Å². The van der Waals surface area contributed by atoms with Gasteiger partial charge in [-0.25, -0.2) is 13.1 Å². The monoisotopic (exact) mass is 291 g/mol. The predicted molar refractivity (Wildman–Crippen MR) is 69.0 cm³/mol. The van der Waals surface area contributed by atoms with Gasteiger partial charge in [-0.15, -0.1) is 11.3 Å². The summed E-state index contributed by atoms with van der Waals surface area (Å²) in [6.45, 7) is 2.46. The fourth-order valence-electron chi connectivity index (χ4n) is 1.90. The molecule has 18 heavy (non-hydrogen) atoms. The molecule has 0 aromatic carbocycles. The molecule has 0 saturated heterocycles. The molecule has 1 fully saturated rings. The molecule has 102 valence electrons. The summed E-state index contributed by atoms with van der Waals surface area (Å²) in [4.78, 5) is 0.649. The van der Waals surface area contributed by atoms with Gasteiger partial charge in [0.1, 0.15) is 4.21 Å². The average Bonchev–Trinajstić information content (AvgIpc) is 2.75. The van der Waals surface area contributed by atoms with E-state index >= 15 is 0 Å². The maximum Gasteiger partial charge on any atom is 0.250 e. The minimum Gasteiger partial charge on any atom is -0.391 e. The standard InChI is InChI=1S/C11H17NO4S2/c1-2-16-9-5-8(6-9)12-18(14,15)11-4-3-10(7-13)17-11/h3-4,8-9,12-13H,2,5-7H2,1H3. The maximum atomic E-state index is 12.0. The van der Waals surface area contributed by atoms with Gasteiger partial charge in [0.05, 0.1) is 12.7 Å². The number of hydrogen-bond acceptors (Lipinski definition) is 5. The SMILES string of the molecule is CCOC1CC(NS(=O)(=O)c2ccc(CO)s2)C1. The van der Waals surface area contributed by atoms with Crippen molar-refractivity contribution in [1.82, 2.24) is 4.72 Å². The van der Waals surface area contributed by atoms with Crippen molar-refractivity contribution in [2.45, 2.75) is 42.7 Å². The van der Waals surface area contributed by atoms with E-state index in [2.05, 4.69) is 4.72 Å². The highest BCUT2D eigenvalue weighted by Crippen LogP contribution is 2.27. The van der Waals surface area contributed by atoms with Crippen molar-refractivity contribution in [3.63, 3.8) is 0 Å². The van der Waals surface area contributed by atoms with Crippen LogP contribution in [0.4, 0.5) is 0 Å². The summed E-state index contributed by atoms with van der Waals surface area (Å²) in [5.41, 5.74) is 0. The van der Waals surface area contributed by atoms with E-state index in [1.165, 1.54) is 6.07 Å². The van der Waals surface area contributed by atoms with Crippen LogP contribution in [-0.4, -0.2) is 32.3 Å². The van der Waals surface area contributed by atoms with Gasteiger partial charge in [-0.1, -0.05) is 0 Å². The molecule has 1 aromatic rings. The van der Waals surface area contributed by atoms with Crippen molar-refractivity contribution in [1.29, 1.82) is 0 Å². The van der Waals surface area contributed by atoms with Gasteiger partial charge < -0.3 is 9.84 Å². The Kier molecular flexibility index (Phi) is 4.39. The second-order valence-electron chi connectivity index (χ2n) is 4.25. The van der Waals surface area contributed by atoms with E-state index in [1.807, 2.05) is 6.92 Å². The molecule has 0 bridgehead atoms. The quantitative estimate of drug-likeness (QED) is 0.822. The zero-order chi connectivity index (χ0) is 13.2. The Morgan fingerprint density at radius 2 is 2.22 bits per heavy atom. The van der Waals surface area contributed by atoms with Crippen molar-refractivity contribution in [3.05, 3.63) is 17.0 Å². The molecule has 0 radical (unpaired) electrons. The summed E-state index contributed by atoms with van der Waals surface area (Å²) in [5, 5.41) is 8.93. The first-order chi connectivity index (χ1) is 8.55. The molecule has 7 heteroatoms. The van der Waals surface area contributed by atoms with Crippen LogP contribution in [0.3, 0.4) is 0 Å². The second kappa shape index (κ2) is 5.66. The fraction of sp³-hybridized carbons (Fsp3) is 0.636. The molecule has 0 atom stereocenters. The normalized spacial score (nSPS) is 23.9. The highest BCUT2D eigenvalue weighted by atomic mass is 32.2. The lowest BCUT2D eigenvalue weighted by Crippen LogP contribution is -2.47. The van der Waals surface area contributed by atoms with Crippen molar-refractivity contribution >= 4 is 21.4 Å². The third-order valence-electron chi connectivity index (χ3n) is 2.88. The minimum absolute atomic E-state index is 0.0359. The molecule has 2 N–H and O–H groups in total. The maximum absolute atomic E-state index is 12.0. The Morgan fingerprint density at radius 3 is 2.78 bits per heavy atom. The molecule has 2 rings (SSSR count). The lowest BCUT2D eigenvalue weighted by atomic mass is 9.90. The Balaban J connectivity index is 1.92. The fourth-order valence-corrected chi connectivity index (χ4v) is 4.39. The Bertz CT molecular complexity index is 491. The van der Waals surface area contributed by atoms with Gasteiger partial charge in [0.15, 0.2) is 0 Å². The molecule has 1 saturated carbocycles. The second-order valence-corrected chi connectivity index (χ2v) is 7.35. The van der Waals surface area contributed by atoms with Crippen molar-refractivity contribution in [3.8, 4) is 0 Å². The van der Waals surface area contributed by atoms with E-state index in [4.69, 9.17) is 9.84 Å². The van der Waals surface area contributed by atoms with Gasteiger partial charge in [0.25, 0.3) is 0 Å². The van der Waals surface area contributed by atoms with Gasteiger partial charge in [-0.2, -0.15) is 0 Å². The van der Waals surface area contributed by atoms with Crippen LogP contribution in [0.15, 0.2) is 16.3 Å². The van der Waals surface area contributed by atoms with E-state index in [-0.39, 0.29) is 23.0 Å². The zero-order valence-corrected chi connectivity index (χ0v) is 11.8. The van der Waals surface area contributed by atoms with E-state index in [1.54, 1.807) is 6.07 Å². The number of aliphatic hydroxyl groups excluding tert-OH is 1. The highest BCUT2D eigenvalue weighted by Gasteiger charge is 2.33. The number of ether oxygens (including phenoxy) is 1. The topological polar surface area (TPSA) is 75.6 Å². The molecule has 0 spiro atoms. The van der Waals surface area contributed by atoms with Crippen LogP contribution >= 0.6 is 11.3 Å². The van der Waals surface area contributed by atoms with Crippen LogP contribution in [-0.2, 0) is 21.4 Å². The van der Waals surface area contributed by atoms with Gasteiger partial charge in [0, 0.05) is 17.5 Å². The number of sulfonamides is 1. The first-order valence-corrected chi connectivity index (χ1v) is 8.18.